The molecule has 6 heteroatoms. The molecular weight excluding hydrogens is 262 g/mol. The van der Waals surface area contributed by atoms with Gasteiger partial charge in [-0.15, -0.1) is 0 Å². The maximum Gasteiger partial charge on any atom is 0.224 e. The van der Waals surface area contributed by atoms with Crippen LogP contribution in [0.15, 0.2) is 24.7 Å². The molecule has 0 amide bonds. The van der Waals surface area contributed by atoms with Gasteiger partial charge in [-0.05, 0) is 31.0 Å². The molecule has 5 nitrogen and oxygen atoms in total. The van der Waals surface area contributed by atoms with Gasteiger partial charge in [-0.3, -0.25) is 4.98 Å². The third-order valence-electron chi connectivity index (χ3n) is 2.66. The van der Waals surface area contributed by atoms with Crippen LogP contribution in [0, 0.1) is 6.92 Å². The van der Waals surface area contributed by atoms with Crippen LogP contribution >= 0.6 is 11.6 Å². The number of nitrogens with zero attached hydrogens (tertiary/aromatic N) is 3. The van der Waals surface area contributed by atoms with Crippen molar-refractivity contribution in [2.45, 2.75) is 20.4 Å². The van der Waals surface area contributed by atoms with Gasteiger partial charge in [0.1, 0.15) is 5.02 Å². The Balaban J connectivity index is 2.10. The zero-order valence-electron chi connectivity index (χ0n) is 10.9. The Bertz CT molecular complexity index is 558. The Morgan fingerprint density at radius 2 is 2.11 bits per heavy atom. The molecule has 0 unspecified atom stereocenters. The third kappa shape index (κ3) is 3.54. The molecule has 2 aromatic rings. The van der Waals surface area contributed by atoms with Crippen LogP contribution in [0.25, 0.3) is 0 Å². The SMILES string of the molecule is CCNc1ncc(Cl)c(NCc2ccncc2C)n1. The topological polar surface area (TPSA) is 62.7 Å². The van der Waals surface area contributed by atoms with Gasteiger partial charge in [0.25, 0.3) is 0 Å². The lowest BCUT2D eigenvalue weighted by molar-refractivity contribution is 1.04. The number of rotatable bonds is 5. The van der Waals surface area contributed by atoms with Crippen LogP contribution in [0.3, 0.4) is 0 Å². The summed E-state index contributed by atoms with van der Waals surface area (Å²) in [6.45, 7) is 5.43. The van der Waals surface area contributed by atoms with Crippen LogP contribution in [0.4, 0.5) is 11.8 Å². The zero-order valence-corrected chi connectivity index (χ0v) is 11.7. The molecular formula is C13H16ClN5. The summed E-state index contributed by atoms with van der Waals surface area (Å²) in [5, 5.41) is 6.78. The van der Waals surface area contributed by atoms with E-state index in [4.69, 9.17) is 11.6 Å². The molecule has 0 spiro atoms. The minimum atomic E-state index is 0.508. The summed E-state index contributed by atoms with van der Waals surface area (Å²) in [5.74, 6) is 1.20. The van der Waals surface area contributed by atoms with Crippen molar-refractivity contribution >= 4 is 23.4 Å². The summed E-state index contributed by atoms with van der Waals surface area (Å²) in [6, 6.07) is 1.97. The number of pyridine rings is 1. The lowest BCUT2D eigenvalue weighted by atomic mass is 10.1. The maximum absolute atomic E-state index is 6.07. The van der Waals surface area contributed by atoms with E-state index in [1.807, 2.05) is 26.1 Å². The molecule has 0 aliphatic carbocycles. The molecule has 0 saturated heterocycles. The average Bonchev–Trinajstić information content (AvgIpc) is 2.41. The highest BCUT2D eigenvalue weighted by Crippen LogP contribution is 2.20. The molecule has 0 atom stereocenters. The molecule has 0 radical (unpaired) electrons. The van der Waals surface area contributed by atoms with Crippen molar-refractivity contribution < 1.29 is 0 Å². The van der Waals surface area contributed by atoms with E-state index < -0.39 is 0 Å². The van der Waals surface area contributed by atoms with Gasteiger partial charge in [0.2, 0.25) is 5.95 Å². The van der Waals surface area contributed by atoms with E-state index in [2.05, 4.69) is 25.6 Å². The summed E-state index contributed by atoms with van der Waals surface area (Å²) >= 11 is 6.07. The van der Waals surface area contributed by atoms with Gasteiger partial charge in [-0.2, -0.15) is 4.98 Å². The summed E-state index contributed by atoms with van der Waals surface area (Å²) in [5.41, 5.74) is 2.29. The molecule has 2 N–H and O–H groups in total. The Morgan fingerprint density at radius 1 is 1.26 bits per heavy atom. The van der Waals surface area contributed by atoms with Gasteiger partial charge in [0.05, 0.1) is 6.20 Å². The van der Waals surface area contributed by atoms with E-state index >= 15 is 0 Å². The molecule has 19 heavy (non-hydrogen) atoms. The number of anilines is 2. The molecule has 2 heterocycles. The number of nitrogens with one attached hydrogen (secondary N) is 2. The van der Waals surface area contributed by atoms with Crippen LogP contribution in [-0.4, -0.2) is 21.5 Å². The highest BCUT2D eigenvalue weighted by molar-refractivity contribution is 6.32. The first kappa shape index (κ1) is 13.5. The Labute approximate surface area is 117 Å². The highest BCUT2D eigenvalue weighted by atomic mass is 35.5. The standard InChI is InChI=1S/C13H16ClN5/c1-3-16-13-18-8-11(14)12(19-13)17-7-10-4-5-15-6-9(10)2/h4-6,8H,3,7H2,1-2H3,(H2,16,17,18,19). The van der Waals surface area contributed by atoms with E-state index in [0.717, 1.165) is 17.7 Å². The van der Waals surface area contributed by atoms with E-state index in [1.165, 1.54) is 0 Å². The van der Waals surface area contributed by atoms with Gasteiger partial charge < -0.3 is 10.6 Å². The van der Waals surface area contributed by atoms with Crippen molar-refractivity contribution in [2.24, 2.45) is 0 Å². The van der Waals surface area contributed by atoms with Gasteiger partial charge in [-0.25, -0.2) is 4.98 Å². The smallest absolute Gasteiger partial charge is 0.224 e. The number of aromatic nitrogens is 3. The van der Waals surface area contributed by atoms with Crippen molar-refractivity contribution in [2.75, 3.05) is 17.2 Å². The molecule has 0 aliphatic rings. The Hall–Kier alpha value is -1.88. The number of hydrogen-bond acceptors (Lipinski definition) is 5. The average molecular weight is 278 g/mol. The van der Waals surface area contributed by atoms with Crippen LogP contribution < -0.4 is 10.6 Å². The van der Waals surface area contributed by atoms with Crippen LogP contribution in [0.2, 0.25) is 5.02 Å². The molecule has 0 bridgehead atoms. The van der Waals surface area contributed by atoms with Crippen molar-refractivity contribution in [3.63, 3.8) is 0 Å². The summed E-state index contributed by atoms with van der Waals surface area (Å²) in [7, 11) is 0. The van der Waals surface area contributed by atoms with Crippen molar-refractivity contribution in [3.8, 4) is 0 Å². The monoisotopic (exact) mass is 277 g/mol. The summed E-state index contributed by atoms with van der Waals surface area (Å²) in [4.78, 5) is 12.5. The van der Waals surface area contributed by atoms with Crippen LogP contribution in [-0.2, 0) is 6.54 Å². The van der Waals surface area contributed by atoms with Crippen molar-refractivity contribution in [1.29, 1.82) is 0 Å². The van der Waals surface area contributed by atoms with Gasteiger partial charge in [-0.1, -0.05) is 11.6 Å². The van der Waals surface area contributed by atoms with Crippen molar-refractivity contribution in [1.82, 2.24) is 15.0 Å². The van der Waals surface area contributed by atoms with Gasteiger partial charge in [0, 0.05) is 25.5 Å². The fourth-order valence-electron chi connectivity index (χ4n) is 1.61. The second-order valence-electron chi connectivity index (χ2n) is 4.08. The number of aryl methyl sites for hydroxylation is 1. The molecule has 100 valence electrons. The quantitative estimate of drug-likeness (QED) is 0.880. The van der Waals surface area contributed by atoms with Crippen LogP contribution in [0.1, 0.15) is 18.1 Å². The molecule has 0 aliphatic heterocycles. The minimum Gasteiger partial charge on any atom is -0.365 e. The van der Waals surface area contributed by atoms with E-state index in [-0.39, 0.29) is 0 Å². The highest BCUT2D eigenvalue weighted by Gasteiger charge is 2.05. The predicted octanol–water partition coefficient (Wildman–Crippen LogP) is 2.88. The van der Waals surface area contributed by atoms with E-state index in [0.29, 0.717) is 23.3 Å². The summed E-state index contributed by atoms with van der Waals surface area (Å²) in [6.07, 6.45) is 5.20. The first-order valence-corrected chi connectivity index (χ1v) is 6.48. The zero-order chi connectivity index (χ0) is 13.7. The summed E-state index contributed by atoms with van der Waals surface area (Å²) < 4.78 is 0. The molecule has 2 aromatic heterocycles. The molecule has 2 rings (SSSR count). The largest absolute Gasteiger partial charge is 0.365 e. The fraction of sp³-hybridized carbons (Fsp3) is 0.308. The van der Waals surface area contributed by atoms with E-state index in [1.54, 1.807) is 12.4 Å². The maximum atomic E-state index is 6.07. The van der Waals surface area contributed by atoms with Crippen molar-refractivity contribution in [3.05, 3.63) is 40.8 Å². The third-order valence-corrected chi connectivity index (χ3v) is 2.94. The lowest BCUT2D eigenvalue weighted by Gasteiger charge is -2.10. The Morgan fingerprint density at radius 3 is 2.84 bits per heavy atom. The first-order valence-electron chi connectivity index (χ1n) is 6.10. The first-order chi connectivity index (χ1) is 9.20. The number of halogens is 1. The van der Waals surface area contributed by atoms with Gasteiger partial charge in [0.15, 0.2) is 5.82 Å². The lowest BCUT2D eigenvalue weighted by Crippen LogP contribution is -2.07. The molecule has 0 saturated carbocycles. The second kappa shape index (κ2) is 6.33. The number of hydrogen-bond donors (Lipinski definition) is 2. The van der Waals surface area contributed by atoms with Gasteiger partial charge >= 0.3 is 0 Å². The normalized spacial score (nSPS) is 10.3. The predicted molar refractivity (Wildman–Crippen MR) is 77.5 cm³/mol. The Kier molecular flexibility index (Phi) is 4.52. The molecule has 0 fully saturated rings. The second-order valence-corrected chi connectivity index (χ2v) is 4.48. The minimum absolute atomic E-state index is 0.508. The fourth-order valence-corrected chi connectivity index (χ4v) is 1.77. The van der Waals surface area contributed by atoms with E-state index in [9.17, 15) is 0 Å². The molecule has 0 aromatic carbocycles. The van der Waals surface area contributed by atoms with Crippen LogP contribution in [0.5, 0.6) is 0 Å².